The summed E-state index contributed by atoms with van der Waals surface area (Å²) in [6, 6.07) is 13.2. The third-order valence-corrected chi connectivity index (χ3v) is 4.17. The number of rotatable bonds is 3. The van der Waals surface area contributed by atoms with E-state index in [1.54, 1.807) is 6.07 Å². The molecule has 22 heavy (non-hydrogen) atoms. The quantitative estimate of drug-likeness (QED) is 0.697. The van der Waals surface area contributed by atoms with Crippen molar-refractivity contribution in [3.63, 3.8) is 0 Å². The van der Waals surface area contributed by atoms with Gasteiger partial charge in [0.05, 0.1) is 16.9 Å². The fourth-order valence-corrected chi connectivity index (χ4v) is 2.95. The second kappa shape index (κ2) is 5.69. The molecule has 0 aromatic heterocycles. The number of aliphatic hydroxyl groups excluding tert-OH is 1. The van der Waals surface area contributed by atoms with Crippen LogP contribution in [0.5, 0.6) is 0 Å². The predicted molar refractivity (Wildman–Crippen MR) is 80.6 cm³/mol. The Labute approximate surface area is 127 Å². The van der Waals surface area contributed by atoms with Gasteiger partial charge in [-0.25, -0.2) is 0 Å². The summed E-state index contributed by atoms with van der Waals surface area (Å²) in [5, 5.41) is 21.1. The molecule has 2 aromatic carbocycles. The number of benzene rings is 2. The van der Waals surface area contributed by atoms with E-state index in [1.165, 1.54) is 24.3 Å². The monoisotopic (exact) mass is 297 g/mol. The normalized spacial score (nSPS) is 18.6. The number of carbonyl (C=O) groups is 1. The number of ketones is 1. The molecule has 0 fully saturated rings. The van der Waals surface area contributed by atoms with E-state index in [-0.39, 0.29) is 11.5 Å². The molecule has 1 N–H and O–H groups in total. The molecule has 1 aliphatic carbocycles. The molecule has 0 heterocycles. The molecule has 0 aliphatic heterocycles. The van der Waals surface area contributed by atoms with Gasteiger partial charge in [0.2, 0.25) is 0 Å². The van der Waals surface area contributed by atoms with Crippen LogP contribution in [0.2, 0.25) is 0 Å². The smallest absolute Gasteiger partial charge is 0.269 e. The lowest BCUT2D eigenvalue weighted by atomic mass is 9.78. The van der Waals surface area contributed by atoms with E-state index in [9.17, 15) is 20.0 Å². The van der Waals surface area contributed by atoms with Crippen LogP contribution in [0, 0.1) is 16.0 Å². The summed E-state index contributed by atoms with van der Waals surface area (Å²) in [7, 11) is 0. The Morgan fingerprint density at radius 1 is 1.14 bits per heavy atom. The largest absolute Gasteiger partial charge is 0.388 e. The van der Waals surface area contributed by atoms with Crippen molar-refractivity contribution in [2.45, 2.75) is 18.9 Å². The van der Waals surface area contributed by atoms with Gasteiger partial charge in [-0.05, 0) is 36.1 Å². The van der Waals surface area contributed by atoms with E-state index in [0.29, 0.717) is 17.5 Å². The third-order valence-electron chi connectivity index (χ3n) is 4.17. The molecule has 2 aromatic rings. The van der Waals surface area contributed by atoms with E-state index in [2.05, 4.69) is 0 Å². The van der Waals surface area contributed by atoms with Crippen LogP contribution in [0.25, 0.3) is 0 Å². The number of Topliss-reactive ketones (excluding diaryl/α,β-unsaturated/α-hetero) is 1. The fraction of sp³-hybridized carbons (Fsp3) is 0.235. The highest BCUT2D eigenvalue weighted by atomic mass is 16.6. The Morgan fingerprint density at radius 2 is 1.82 bits per heavy atom. The Morgan fingerprint density at radius 3 is 2.50 bits per heavy atom. The van der Waals surface area contributed by atoms with Crippen molar-refractivity contribution in [3.8, 4) is 0 Å². The first-order chi connectivity index (χ1) is 10.6. The van der Waals surface area contributed by atoms with Crippen molar-refractivity contribution in [2.24, 2.45) is 5.92 Å². The maximum absolute atomic E-state index is 12.5. The average molecular weight is 297 g/mol. The van der Waals surface area contributed by atoms with Crippen LogP contribution >= 0.6 is 0 Å². The molecular formula is C17H15NO4. The van der Waals surface area contributed by atoms with E-state index in [1.807, 2.05) is 18.2 Å². The summed E-state index contributed by atoms with van der Waals surface area (Å²) in [6.45, 7) is 0. The van der Waals surface area contributed by atoms with Crippen molar-refractivity contribution in [3.05, 3.63) is 75.3 Å². The molecule has 5 heteroatoms. The van der Waals surface area contributed by atoms with Crippen LogP contribution in [0.15, 0.2) is 48.5 Å². The van der Waals surface area contributed by atoms with Gasteiger partial charge in [0.25, 0.3) is 5.69 Å². The molecular weight excluding hydrogens is 282 g/mol. The van der Waals surface area contributed by atoms with E-state index >= 15 is 0 Å². The van der Waals surface area contributed by atoms with E-state index < -0.39 is 16.9 Å². The maximum Gasteiger partial charge on any atom is 0.269 e. The Kier molecular flexibility index (Phi) is 3.73. The Balaban J connectivity index is 1.85. The van der Waals surface area contributed by atoms with Crippen molar-refractivity contribution in [1.29, 1.82) is 0 Å². The van der Waals surface area contributed by atoms with Gasteiger partial charge in [-0.15, -0.1) is 0 Å². The van der Waals surface area contributed by atoms with Gasteiger partial charge in [0, 0.05) is 17.7 Å². The first kappa shape index (κ1) is 14.4. The topological polar surface area (TPSA) is 80.4 Å². The van der Waals surface area contributed by atoms with Crippen molar-refractivity contribution < 1.29 is 14.8 Å². The third kappa shape index (κ3) is 2.51. The molecule has 0 saturated carbocycles. The summed E-state index contributed by atoms with van der Waals surface area (Å²) >= 11 is 0. The van der Waals surface area contributed by atoms with Crippen molar-refractivity contribution in [2.75, 3.05) is 0 Å². The minimum absolute atomic E-state index is 0.0312. The molecule has 1 aliphatic rings. The van der Waals surface area contributed by atoms with Gasteiger partial charge >= 0.3 is 0 Å². The highest BCUT2D eigenvalue weighted by Crippen LogP contribution is 2.34. The zero-order valence-corrected chi connectivity index (χ0v) is 11.8. The predicted octanol–water partition coefficient (Wildman–Crippen LogP) is 3.07. The van der Waals surface area contributed by atoms with Crippen LogP contribution < -0.4 is 0 Å². The number of nitrogens with zero attached hydrogens (tertiary/aromatic N) is 1. The highest BCUT2D eigenvalue weighted by Gasteiger charge is 2.33. The van der Waals surface area contributed by atoms with Gasteiger partial charge in [-0.3, -0.25) is 14.9 Å². The minimum atomic E-state index is -0.943. The van der Waals surface area contributed by atoms with E-state index in [0.717, 1.165) is 12.0 Å². The zero-order chi connectivity index (χ0) is 15.7. The Hall–Kier alpha value is -2.53. The zero-order valence-electron chi connectivity index (χ0n) is 11.8. The number of hydrogen-bond donors (Lipinski definition) is 1. The number of non-ortho nitro benzene ring substituents is 1. The number of nitro groups is 1. The molecule has 0 bridgehead atoms. The van der Waals surface area contributed by atoms with Crippen LogP contribution in [0.4, 0.5) is 5.69 Å². The summed E-state index contributed by atoms with van der Waals surface area (Å²) in [6.07, 6.45) is 0.381. The van der Waals surface area contributed by atoms with Gasteiger partial charge in [-0.2, -0.15) is 0 Å². The molecule has 0 saturated heterocycles. The van der Waals surface area contributed by atoms with E-state index in [4.69, 9.17) is 0 Å². The lowest BCUT2D eigenvalue weighted by molar-refractivity contribution is -0.384. The molecule has 3 rings (SSSR count). The SMILES string of the molecule is O=C1c2ccccc2CC[C@H]1[C@@H](O)c1ccc([N+](=O)[O-])cc1. The van der Waals surface area contributed by atoms with Crippen molar-refractivity contribution in [1.82, 2.24) is 0 Å². The summed E-state index contributed by atoms with van der Waals surface area (Å²) < 4.78 is 0. The number of aliphatic hydroxyl groups is 1. The van der Waals surface area contributed by atoms with Gasteiger partial charge in [0.15, 0.2) is 5.78 Å². The fourth-order valence-electron chi connectivity index (χ4n) is 2.95. The summed E-state index contributed by atoms with van der Waals surface area (Å²) in [5.41, 5.74) is 2.18. The molecule has 0 spiro atoms. The average Bonchev–Trinajstić information content (AvgIpc) is 2.55. The molecule has 0 unspecified atom stereocenters. The lowest BCUT2D eigenvalue weighted by Gasteiger charge is -2.27. The summed E-state index contributed by atoms with van der Waals surface area (Å²) in [5.74, 6) is -0.566. The number of carbonyl (C=O) groups excluding carboxylic acids is 1. The highest BCUT2D eigenvalue weighted by molar-refractivity contribution is 6.00. The Bertz CT molecular complexity index is 724. The number of fused-ring (bicyclic) bond motifs is 1. The molecule has 2 atom stereocenters. The molecule has 0 amide bonds. The lowest BCUT2D eigenvalue weighted by Crippen LogP contribution is -2.28. The number of hydrogen-bond acceptors (Lipinski definition) is 4. The first-order valence-electron chi connectivity index (χ1n) is 7.12. The van der Waals surface area contributed by atoms with Gasteiger partial charge in [0.1, 0.15) is 0 Å². The molecule has 112 valence electrons. The van der Waals surface area contributed by atoms with Crippen LogP contribution in [0.3, 0.4) is 0 Å². The van der Waals surface area contributed by atoms with Gasteiger partial charge in [-0.1, -0.05) is 24.3 Å². The summed E-state index contributed by atoms with van der Waals surface area (Å²) in [4.78, 5) is 22.7. The molecule has 0 radical (unpaired) electrons. The van der Waals surface area contributed by atoms with Crippen LogP contribution in [-0.4, -0.2) is 15.8 Å². The second-order valence-electron chi connectivity index (χ2n) is 5.46. The number of nitro benzene ring substituents is 1. The first-order valence-corrected chi connectivity index (χ1v) is 7.12. The maximum atomic E-state index is 12.5. The standard InChI is InChI=1S/C17H15NO4/c19-16(12-5-8-13(9-6-12)18(21)22)15-10-7-11-3-1-2-4-14(11)17(15)20/h1-6,8-9,15-16,19H,7,10H2/t15-,16-/m0/s1. The number of aryl methyl sites for hydroxylation is 1. The molecule has 5 nitrogen and oxygen atoms in total. The van der Waals surface area contributed by atoms with Crippen LogP contribution in [-0.2, 0) is 6.42 Å². The van der Waals surface area contributed by atoms with Crippen LogP contribution in [0.1, 0.15) is 34.0 Å². The van der Waals surface area contributed by atoms with Crippen molar-refractivity contribution >= 4 is 11.5 Å². The minimum Gasteiger partial charge on any atom is -0.388 e. The second-order valence-corrected chi connectivity index (χ2v) is 5.46. The van der Waals surface area contributed by atoms with Gasteiger partial charge < -0.3 is 5.11 Å².